The van der Waals surface area contributed by atoms with Crippen LogP contribution in [0, 0.1) is 3.70 Å². The van der Waals surface area contributed by atoms with Gasteiger partial charge in [0.1, 0.15) is 21.9 Å². The van der Waals surface area contributed by atoms with Crippen LogP contribution in [-0.2, 0) is 9.47 Å². The molecule has 1 aliphatic rings. The van der Waals surface area contributed by atoms with Gasteiger partial charge in [-0.15, -0.1) is 0 Å². The van der Waals surface area contributed by atoms with E-state index in [1.54, 1.807) is 10.9 Å². The molecule has 78 valence electrons. The minimum absolute atomic E-state index is 0.402. The number of halogens is 1. The average Bonchev–Trinajstić information content (AvgIpc) is 2.85. The molecular weight excluding hydrogens is 311 g/mol. The Bertz CT molecular complexity index is 494. The van der Waals surface area contributed by atoms with Gasteiger partial charge >= 0.3 is 0 Å². The van der Waals surface area contributed by atoms with Gasteiger partial charge < -0.3 is 9.47 Å². The van der Waals surface area contributed by atoms with Crippen molar-refractivity contribution >= 4 is 33.8 Å². The fourth-order valence-electron chi connectivity index (χ4n) is 1.48. The standard InChI is InChI=1S/C8H7IN4O2/c9-6-5-7(11-3-10-6)13(4-12-5)8-14-1-2-15-8/h3-4,8H,1-2H2. The van der Waals surface area contributed by atoms with E-state index in [0.717, 1.165) is 14.9 Å². The highest BCUT2D eigenvalue weighted by molar-refractivity contribution is 14.1. The summed E-state index contributed by atoms with van der Waals surface area (Å²) < 4.78 is 13.4. The molecule has 3 heterocycles. The molecule has 0 aliphatic carbocycles. The summed E-state index contributed by atoms with van der Waals surface area (Å²) in [5, 5.41) is 0. The molecule has 2 aromatic heterocycles. The van der Waals surface area contributed by atoms with E-state index in [9.17, 15) is 0 Å². The predicted octanol–water partition coefficient (Wildman–Crippen LogP) is 0.934. The van der Waals surface area contributed by atoms with Crippen molar-refractivity contribution in [2.45, 2.75) is 6.41 Å². The van der Waals surface area contributed by atoms with E-state index in [1.807, 2.05) is 0 Å². The largest absolute Gasteiger partial charge is 0.332 e. The van der Waals surface area contributed by atoms with Crippen molar-refractivity contribution in [3.8, 4) is 0 Å². The van der Waals surface area contributed by atoms with E-state index in [4.69, 9.17) is 9.47 Å². The maximum Gasteiger partial charge on any atom is 0.246 e. The van der Waals surface area contributed by atoms with Crippen molar-refractivity contribution in [3.63, 3.8) is 0 Å². The second-order valence-electron chi connectivity index (χ2n) is 3.04. The van der Waals surface area contributed by atoms with Crippen molar-refractivity contribution in [1.82, 2.24) is 19.5 Å². The smallest absolute Gasteiger partial charge is 0.246 e. The Balaban J connectivity index is 2.15. The molecule has 3 rings (SSSR count). The van der Waals surface area contributed by atoms with Crippen molar-refractivity contribution in [1.29, 1.82) is 0 Å². The number of nitrogens with zero attached hydrogens (tertiary/aromatic N) is 4. The molecule has 0 amide bonds. The number of imidazole rings is 1. The Morgan fingerprint density at radius 2 is 2.07 bits per heavy atom. The molecule has 0 spiro atoms. The summed E-state index contributed by atoms with van der Waals surface area (Å²) >= 11 is 2.13. The zero-order chi connectivity index (χ0) is 10.3. The Morgan fingerprint density at radius 3 is 2.87 bits per heavy atom. The summed E-state index contributed by atoms with van der Waals surface area (Å²) in [6.07, 6.45) is 2.77. The first kappa shape index (κ1) is 9.43. The highest BCUT2D eigenvalue weighted by Crippen LogP contribution is 2.22. The fourth-order valence-corrected chi connectivity index (χ4v) is 1.99. The zero-order valence-electron chi connectivity index (χ0n) is 7.63. The van der Waals surface area contributed by atoms with Crippen LogP contribution in [0.25, 0.3) is 11.2 Å². The maximum atomic E-state index is 5.38. The van der Waals surface area contributed by atoms with Gasteiger partial charge in [0.05, 0.1) is 13.2 Å². The van der Waals surface area contributed by atoms with Gasteiger partial charge in [-0.1, -0.05) is 0 Å². The molecule has 0 atom stereocenters. The number of aromatic nitrogens is 4. The minimum Gasteiger partial charge on any atom is -0.332 e. The second-order valence-corrected chi connectivity index (χ2v) is 4.06. The summed E-state index contributed by atoms with van der Waals surface area (Å²) in [5.74, 6) is 0. The summed E-state index contributed by atoms with van der Waals surface area (Å²) in [5.41, 5.74) is 1.51. The van der Waals surface area contributed by atoms with E-state index in [1.165, 1.54) is 6.33 Å². The molecule has 1 saturated heterocycles. The number of fused-ring (bicyclic) bond motifs is 1. The Morgan fingerprint density at radius 1 is 1.27 bits per heavy atom. The normalized spacial score (nSPS) is 17.7. The maximum absolute atomic E-state index is 5.38. The van der Waals surface area contributed by atoms with Gasteiger partial charge in [0.25, 0.3) is 0 Å². The number of ether oxygens (including phenoxy) is 2. The van der Waals surface area contributed by atoms with E-state index >= 15 is 0 Å². The van der Waals surface area contributed by atoms with Crippen molar-refractivity contribution < 1.29 is 9.47 Å². The van der Waals surface area contributed by atoms with Gasteiger partial charge in [0, 0.05) is 0 Å². The van der Waals surface area contributed by atoms with Crippen LogP contribution in [0.1, 0.15) is 6.41 Å². The van der Waals surface area contributed by atoms with Crippen LogP contribution in [0.3, 0.4) is 0 Å². The van der Waals surface area contributed by atoms with Crippen LogP contribution in [0.2, 0.25) is 0 Å². The average molecular weight is 318 g/mol. The first-order chi connectivity index (χ1) is 7.36. The topological polar surface area (TPSA) is 62.1 Å². The quantitative estimate of drug-likeness (QED) is 0.578. The Kier molecular flexibility index (Phi) is 2.29. The monoisotopic (exact) mass is 318 g/mol. The summed E-state index contributed by atoms with van der Waals surface area (Å²) in [6.45, 7) is 1.21. The van der Waals surface area contributed by atoms with E-state index in [0.29, 0.717) is 13.2 Å². The lowest BCUT2D eigenvalue weighted by Gasteiger charge is -2.09. The highest BCUT2D eigenvalue weighted by Gasteiger charge is 2.21. The predicted molar refractivity (Wildman–Crippen MR) is 59.0 cm³/mol. The number of rotatable bonds is 1. The Hall–Kier alpha value is -0.800. The lowest BCUT2D eigenvalue weighted by molar-refractivity contribution is -0.0984. The van der Waals surface area contributed by atoms with Gasteiger partial charge in [-0.3, -0.25) is 4.57 Å². The fraction of sp³-hybridized carbons (Fsp3) is 0.375. The van der Waals surface area contributed by atoms with Gasteiger partial charge in [0.2, 0.25) is 6.41 Å². The first-order valence-corrected chi connectivity index (χ1v) is 5.50. The first-order valence-electron chi connectivity index (χ1n) is 4.42. The van der Waals surface area contributed by atoms with E-state index < -0.39 is 6.41 Å². The van der Waals surface area contributed by atoms with Crippen LogP contribution >= 0.6 is 22.6 Å². The van der Waals surface area contributed by atoms with Gasteiger partial charge in [-0.05, 0) is 22.6 Å². The lowest BCUT2D eigenvalue weighted by atomic mass is 10.5. The molecule has 1 fully saturated rings. The van der Waals surface area contributed by atoms with Gasteiger partial charge in [0.15, 0.2) is 5.65 Å². The zero-order valence-corrected chi connectivity index (χ0v) is 9.79. The van der Waals surface area contributed by atoms with Crippen molar-refractivity contribution in [2.75, 3.05) is 13.2 Å². The van der Waals surface area contributed by atoms with E-state index in [-0.39, 0.29) is 0 Å². The van der Waals surface area contributed by atoms with Crippen LogP contribution in [-0.4, -0.2) is 32.7 Å². The van der Waals surface area contributed by atoms with Crippen molar-refractivity contribution in [2.24, 2.45) is 0 Å². The lowest BCUT2D eigenvalue weighted by Crippen LogP contribution is -2.08. The summed E-state index contributed by atoms with van der Waals surface area (Å²) in [7, 11) is 0. The molecular formula is C8H7IN4O2. The highest BCUT2D eigenvalue weighted by atomic mass is 127. The van der Waals surface area contributed by atoms with E-state index in [2.05, 4.69) is 37.5 Å². The number of hydrogen-bond acceptors (Lipinski definition) is 5. The minimum atomic E-state index is -0.402. The van der Waals surface area contributed by atoms with Crippen LogP contribution < -0.4 is 0 Å². The van der Waals surface area contributed by atoms with Crippen LogP contribution in [0.15, 0.2) is 12.7 Å². The molecule has 0 unspecified atom stereocenters. The second kappa shape index (κ2) is 3.65. The Labute approximate surface area is 98.8 Å². The van der Waals surface area contributed by atoms with Crippen LogP contribution in [0.4, 0.5) is 0 Å². The molecule has 6 nitrogen and oxygen atoms in total. The third-order valence-corrected chi connectivity index (χ3v) is 2.93. The number of hydrogen-bond donors (Lipinski definition) is 0. The molecule has 0 aromatic carbocycles. The van der Waals surface area contributed by atoms with Crippen molar-refractivity contribution in [3.05, 3.63) is 16.4 Å². The van der Waals surface area contributed by atoms with Gasteiger partial charge in [-0.25, -0.2) is 15.0 Å². The van der Waals surface area contributed by atoms with Gasteiger partial charge in [-0.2, -0.15) is 0 Å². The molecule has 7 heteroatoms. The molecule has 2 aromatic rings. The molecule has 0 N–H and O–H groups in total. The summed E-state index contributed by atoms with van der Waals surface area (Å²) in [4.78, 5) is 12.5. The molecule has 0 radical (unpaired) electrons. The SMILES string of the molecule is Ic1ncnc2c1ncn2C1OCCO1. The van der Waals surface area contributed by atoms with Crippen LogP contribution in [0.5, 0.6) is 0 Å². The third-order valence-electron chi connectivity index (χ3n) is 2.15. The molecule has 0 saturated carbocycles. The molecule has 0 bridgehead atoms. The summed E-state index contributed by atoms with van der Waals surface area (Å²) in [6, 6.07) is 0. The third kappa shape index (κ3) is 1.50. The molecule has 15 heavy (non-hydrogen) atoms. The molecule has 1 aliphatic heterocycles.